The summed E-state index contributed by atoms with van der Waals surface area (Å²) in [7, 11) is 0. The first-order valence-corrected chi connectivity index (χ1v) is 7.47. The zero-order chi connectivity index (χ0) is 13.1. The molecule has 0 unspecified atom stereocenters. The Balaban J connectivity index is 1.53. The van der Waals surface area contributed by atoms with Crippen LogP contribution in [-0.4, -0.2) is 30.2 Å². The van der Waals surface area contributed by atoms with Crippen molar-refractivity contribution in [3.63, 3.8) is 0 Å². The van der Waals surface area contributed by atoms with Crippen molar-refractivity contribution in [2.24, 2.45) is 4.99 Å². The molecule has 19 heavy (non-hydrogen) atoms. The largest absolute Gasteiger partial charge is 0.399 e. The number of nitrogen functional groups attached to an aromatic ring is 1. The number of likely N-dealkylation sites (tertiary alicyclic amines) is 1. The Hall–Kier alpha value is -1.35. The summed E-state index contributed by atoms with van der Waals surface area (Å²) in [5.41, 5.74) is 10.6. The number of nitrogens with two attached hydrogens (primary N) is 1. The standard InChI is InChI=1S/C16H23N3/c17-14-7-6-13-12-18-16(15(13)11-14)5-4-10-19-8-2-1-3-9-19/h6-7,11H,1-5,8-10,12,17H2. The molecule has 1 fully saturated rings. The number of fused-ring (bicyclic) bond motifs is 1. The second kappa shape index (κ2) is 5.74. The molecule has 0 radical (unpaired) electrons. The van der Waals surface area contributed by atoms with Gasteiger partial charge in [-0.1, -0.05) is 12.5 Å². The van der Waals surface area contributed by atoms with Crippen LogP contribution in [0.1, 0.15) is 43.2 Å². The molecule has 1 aromatic carbocycles. The number of rotatable bonds is 4. The second-order valence-electron chi connectivity index (χ2n) is 5.69. The van der Waals surface area contributed by atoms with Crippen molar-refractivity contribution in [2.45, 2.75) is 38.6 Å². The maximum atomic E-state index is 5.88. The smallest absolute Gasteiger partial charge is 0.0649 e. The van der Waals surface area contributed by atoms with E-state index in [-0.39, 0.29) is 0 Å². The molecule has 0 bridgehead atoms. The number of aliphatic imine (C=N–C) groups is 1. The lowest BCUT2D eigenvalue weighted by Gasteiger charge is -2.26. The van der Waals surface area contributed by atoms with E-state index < -0.39 is 0 Å². The van der Waals surface area contributed by atoms with Crippen LogP contribution in [0.5, 0.6) is 0 Å². The molecule has 0 amide bonds. The monoisotopic (exact) mass is 257 g/mol. The second-order valence-corrected chi connectivity index (χ2v) is 5.69. The van der Waals surface area contributed by atoms with Crippen molar-refractivity contribution in [3.05, 3.63) is 29.3 Å². The van der Waals surface area contributed by atoms with E-state index in [2.05, 4.69) is 22.0 Å². The van der Waals surface area contributed by atoms with Crippen molar-refractivity contribution >= 4 is 11.4 Å². The first kappa shape index (κ1) is 12.7. The lowest BCUT2D eigenvalue weighted by Crippen LogP contribution is -2.30. The van der Waals surface area contributed by atoms with Gasteiger partial charge in [-0.3, -0.25) is 4.99 Å². The van der Waals surface area contributed by atoms with E-state index in [4.69, 9.17) is 5.73 Å². The van der Waals surface area contributed by atoms with Gasteiger partial charge in [-0.25, -0.2) is 0 Å². The number of benzene rings is 1. The maximum absolute atomic E-state index is 5.88. The number of piperidine rings is 1. The number of hydrogen-bond acceptors (Lipinski definition) is 3. The molecule has 0 spiro atoms. The molecule has 2 aliphatic rings. The minimum absolute atomic E-state index is 0.842. The van der Waals surface area contributed by atoms with E-state index in [9.17, 15) is 0 Å². The minimum Gasteiger partial charge on any atom is -0.399 e. The fourth-order valence-electron chi connectivity index (χ4n) is 3.13. The number of anilines is 1. The summed E-state index contributed by atoms with van der Waals surface area (Å²) in [5.74, 6) is 0. The van der Waals surface area contributed by atoms with Crippen molar-refractivity contribution in [1.29, 1.82) is 0 Å². The predicted octanol–water partition coefficient (Wildman–Crippen LogP) is 2.84. The molecule has 0 atom stereocenters. The van der Waals surface area contributed by atoms with Gasteiger partial charge in [-0.15, -0.1) is 0 Å². The van der Waals surface area contributed by atoms with Crippen LogP contribution in [0.2, 0.25) is 0 Å². The summed E-state index contributed by atoms with van der Waals surface area (Å²) in [6, 6.07) is 6.18. The molecule has 2 N–H and O–H groups in total. The fraction of sp³-hybridized carbons (Fsp3) is 0.562. The Morgan fingerprint density at radius 3 is 2.84 bits per heavy atom. The molecule has 102 valence electrons. The van der Waals surface area contributed by atoms with Gasteiger partial charge in [0.05, 0.1) is 6.54 Å². The van der Waals surface area contributed by atoms with Crippen molar-refractivity contribution in [1.82, 2.24) is 4.90 Å². The summed E-state index contributed by atoms with van der Waals surface area (Å²) in [5, 5.41) is 0. The molecule has 1 saturated heterocycles. The SMILES string of the molecule is Nc1ccc2c(c1)C(CCCN1CCCCC1)=NC2. The highest BCUT2D eigenvalue weighted by Crippen LogP contribution is 2.23. The highest BCUT2D eigenvalue weighted by atomic mass is 15.1. The zero-order valence-corrected chi connectivity index (χ0v) is 11.6. The molecule has 3 heteroatoms. The molecule has 3 rings (SSSR count). The molecule has 2 aliphatic heterocycles. The number of hydrogen-bond donors (Lipinski definition) is 1. The van der Waals surface area contributed by atoms with Crippen LogP contribution in [0.25, 0.3) is 0 Å². The molecule has 0 saturated carbocycles. The van der Waals surface area contributed by atoms with E-state index in [1.54, 1.807) is 0 Å². The van der Waals surface area contributed by atoms with Gasteiger partial charge >= 0.3 is 0 Å². The molecule has 2 heterocycles. The van der Waals surface area contributed by atoms with Gasteiger partial charge in [0.25, 0.3) is 0 Å². The van der Waals surface area contributed by atoms with E-state index in [0.717, 1.165) is 18.7 Å². The van der Waals surface area contributed by atoms with Crippen molar-refractivity contribution in [3.8, 4) is 0 Å². The Morgan fingerprint density at radius 2 is 2.00 bits per heavy atom. The molecule has 3 nitrogen and oxygen atoms in total. The van der Waals surface area contributed by atoms with Gasteiger partial charge in [-0.2, -0.15) is 0 Å². The molecular weight excluding hydrogens is 234 g/mol. The first-order chi connectivity index (χ1) is 9.33. The normalized spacial score (nSPS) is 19.3. The highest BCUT2D eigenvalue weighted by Gasteiger charge is 2.16. The first-order valence-electron chi connectivity index (χ1n) is 7.47. The van der Waals surface area contributed by atoms with E-state index in [1.165, 1.54) is 62.2 Å². The van der Waals surface area contributed by atoms with Gasteiger partial charge in [0.2, 0.25) is 0 Å². The Bertz CT molecular complexity index is 473. The maximum Gasteiger partial charge on any atom is 0.0649 e. The van der Waals surface area contributed by atoms with Gasteiger partial charge in [-0.05, 0) is 63.0 Å². The summed E-state index contributed by atoms with van der Waals surface area (Å²) < 4.78 is 0. The Kier molecular flexibility index (Phi) is 3.83. The van der Waals surface area contributed by atoms with Crippen molar-refractivity contribution < 1.29 is 0 Å². The zero-order valence-electron chi connectivity index (χ0n) is 11.6. The molecule has 0 aliphatic carbocycles. The van der Waals surface area contributed by atoms with Crippen LogP contribution in [0, 0.1) is 0 Å². The lowest BCUT2D eigenvalue weighted by molar-refractivity contribution is 0.227. The highest BCUT2D eigenvalue weighted by molar-refractivity contribution is 6.04. The average molecular weight is 257 g/mol. The number of nitrogens with zero attached hydrogens (tertiary/aromatic N) is 2. The average Bonchev–Trinajstić information content (AvgIpc) is 2.83. The van der Waals surface area contributed by atoms with Gasteiger partial charge in [0.15, 0.2) is 0 Å². The van der Waals surface area contributed by atoms with Crippen LogP contribution in [0.3, 0.4) is 0 Å². The van der Waals surface area contributed by atoms with Crippen LogP contribution in [0.15, 0.2) is 23.2 Å². The van der Waals surface area contributed by atoms with Crippen LogP contribution < -0.4 is 5.73 Å². The topological polar surface area (TPSA) is 41.6 Å². The third kappa shape index (κ3) is 2.98. The fourth-order valence-corrected chi connectivity index (χ4v) is 3.13. The molecular formula is C16H23N3. The summed E-state index contributed by atoms with van der Waals surface area (Å²) in [6.45, 7) is 4.64. The van der Waals surface area contributed by atoms with Gasteiger partial charge in [0, 0.05) is 17.0 Å². The Labute approximate surface area is 115 Å². The minimum atomic E-state index is 0.842. The predicted molar refractivity (Wildman–Crippen MR) is 80.6 cm³/mol. The third-order valence-corrected chi connectivity index (χ3v) is 4.22. The summed E-state index contributed by atoms with van der Waals surface area (Å²) >= 11 is 0. The van der Waals surface area contributed by atoms with E-state index in [0.29, 0.717) is 0 Å². The van der Waals surface area contributed by atoms with Crippen molar-refractivity contribution in [2.75, 3.05) is 25.4 Å². The molecule has 1 aromatic rings. The quantitative estimate of drug-likeness (QED) is 0.843. The van der Waals surface area contributed by atoms with Crippen LogP contribution >= 0.6 is 0 Å². The molecule has 0 aromatic heterocycles. The van der Waals surface area contributed by atoms with Gasteiger partial charge < -0.3 is 10.6 Å². The lowest BCUT2D eigenvalue weighted by atomic mass is 10.0. The summed E-state index contributed by atoms with van der Waals surface area (Å²) in [4.78, 5) is 7.27. The summed E-state index contributed by atoms with van der Waals surface area (Å²) in [6.07, 6.45) is 6.47. The van der Waals surface area contributed by atoms with E-state index >= 15 is 0 Å². The van der Waals surface area contributed by atoms with E-state index in [1.807, 2.05) is 6.07 Å². The Morgan fingerprint density at radius 1 is 1.16 bits per heavy atom. The van der Waals surface area contributed by atoms with Crippen LogP contribution in [-0.2, 0) is 6.54 Å². The van der Waals surface area contributed by atoms with Gasteiger partial charge in [0.1, 0.15) is 0 Å². The third-order valence-electron chi connectivity index (χ3n) is 4.22. The van der Waals surface area contributed by atoms with Crippen LogP contribution in [0.4, 0.5) is 5.69 Å².